The second kappa shape index (κ2) is 12.0. The van der Waals surface area contributed by atoms with Gasteiger partial charge in [-0.15, -0.1) is 0 Å². The molecule has 2 amide bonds. The van der Waals surface area contributed by atoms with E-state index >= 15 is 0 Å². The lowest BCUT2D eigenvalue weighted by Gasteiger charge is -2.32. The Morgan fingerprint density at radius 1 is 1.03 bits per heavy atom. The maximum atomic E-state index is 13.0. The zero-order chi connectivity index (χ0) is 23.6. The first-order valence-electron chi connectivity index (χ1n) is 11.2. The Morgan fingerprint density at radius 2 is 1.70 bits per heavy atom. The molecular weight excluding hydrogens is 427 g/mol. The topological polar surface area (TPSA) is 84.9 Å². The van der Waals surface area contributed by atoms with Gasteiger partial charge < -0.3 is 19.7 Å². The number of aryl methyl sites for hydroxylation is 1. The minimum Gasteiger partial charge on any atom is -0.434 e. The zero-order valence-electron chi connectivity index (χ0n) is 18.7. The number of likely N-dealkylation sites (tertiary alicyclic amines) is 1. The van der Waals surface area contributed by atoms with Crippen molar-refractivity contribution in [2.75, 3.05) is 26.2 Å². The first-order valence-corrected chi connectivity index (χ1v) is 11.2. The average molecular weight is 457 g/mol. The van der Waals surface area contributed by atoms with Crippen LogP contribution in [0.1, 0.15) is 42.1 Å². The largest absolute Gasteiger partial charge is 0.513 e. The van der Waals surface area contributed by atoms with Gasteiger partial charge in [-0.3, -0.25) is 9.59 Å². The molecule has 0 aliphatic carbocycles. The molecule has 7 nitrogen and oxygen atoms in total. The summed E-state index contributed by atoms with van der Waals surface area (Å²) in [6.07, 6.45) is 1.88. The fourth-order valence-electron chi connectivity index (χ4n) is 3.70. The van der Waals surface area contributed by atoms with Gasteiger partial charge in [0, 0.05) is 31.6 Å². The van der Waals surface area contributed by atoms with Crippen LogP contribution >= 0.6 is 0 Å². The number of nitrogens with one attached hydrogen (secondary N) is 1. The van der Waals surface area contributed by atoms with Crippen LogP contribution in [0.25, 0.3) is 0 Å². The van der Waals surface area contributed by atoms with Gasteiger partial charge in [-0.25, -0.2) is 9.18 Å². The highest BCUT2D eigenvalue weighted by Crippen LogP contribution is 2.18. The van der Waals surface area contributed by atoms with Gasteiger partial charge in [0.1, 0.15) is 11.6 Å². The normalized spacial score (nSPS) is 13.9. The molecule has 0 atom stereocenters. The third-order valence-electron chi connectivity index (χ3n) is 5.64. The van der Waals surface area contributed by atoms with Gasteiger partial charge in [-0.2, -0.15) is 0 Å². The Balaban J connectivity index is 1.36. The van der Waals surface area contributed by atoms with E-state index in [1.165, 1.54) is 12.1 Å². The quantitative estimate of drug-likeness (QED) is 0.480. The predicted molar refractivity (Wildman–Crippen MR) is 120 cm³/mol. The second-order valence-electron chi connectivity index (χ2n) is 7.97. The van der Waals surface area contributed by atoms with Gasteiger partial charge in [-0.1, -0.05) is 12.1 Å². The Kier molecular flexibility index (Phi) is 8.80. The van der Waals surface area contributed by atoms with E-state index in [4.69, 9.17) is 9.47 Å². The molecule has 1 saturated heterocycles. The molecule has 1 fully saturated rings. The standard InChI is InChI=1S/C25H29FN2O5/c1-2-32-25(31)33-22-10-6-20(7-11-22)24(30)27-17-19-13-15-28(16-14-19)23(29)12-5-18-3-8-21(26)9-4-18/h3-4,6-11,19H,2,5,12-17H2,1H3,(H,27,30). The molecule has 3 rings (SSSR count). The number of piperidine rings is 1. The molecule has 2 aromatic rings. The Hall–Kier alpha value is -3.42. The van der Waals surface area contributed by atoms with Crippen molar-refractivity contribution >= 4 is 18.0 Å². The molecule has 33 heavy (non-hydrogen) atoms. The van der Waals surface area contributed by atoms with Crippen molar-refractivity contribution in [3.63, 3.8) is 0 Å². The number of hydrogen-bond acceptors (Lipinski definition) is 5. The van der Waals surface area contributed by atoms with Crippen LogP contribution in [0.3, 0.4) is 0 Å². The van der Waals surface area contributed by atoms with E-state index in [1.807, 2.05) is 4.90 Å². The number of nitrogens with zero attached hydrogens (tertiary/aromatic N) is 1. The smallest absolute Gasteiger partial charge is 0.434 e. The molecule has 0 aromatic heterocycles. The summed E-state index contributed by atoms with van der Waals surface area (Å²) in [7, 11) is 0. The van der Waals surface area contributed by atoms with Crippen LogP contribution in [0.5, 0.6) is 5.75 Å². The highest BCUT2D eigenvalue weighted by Gasteiger charge is 2.23. The monoisotopic (exact) mass is 456 g/mol. The number of halogens is 1. The van der Waals surface area contributed by atoms with Crippen molar-refractivity contribution in [1.29, 1.82) is 0 Å². The molecule has 1 aliphatic rings. The van der Waals surface area contributed by atoms with Gasteiger partial charge in [-0.05, 0) is 74.1 Å². The van der Waals surface area contributed by atoms with Crippen molar-refractivity contribution in [2.24, 2.45) is 5.92 Å². The predicted octanol–water partition coefficient (Wildman–Crippen LogP) is 3.96. The van der Waals surface area contributed by atoms with Crippen LogP contribution in [-0.4, -0.2) is 49.1 Å². The van der Waals surface area contributed by atoms with Crippen molar-refractivity contribution in [3.05, 3.63) is 65.5 Å². The van der Waals surface area contributed by atoms with Crippen molar-refractivity contribution in [2.45, 2.75) is 32.6 Å². The Labute approximate surface area is 192 Å². The lowest BCUT2D eigenvalue weighted by molar-refractivity contribution is -0.132. The highest BCUT2D eigenvalue weighted by molar-refractivity contribution is 5.94. The summed E-state index contributed by atoms with van der Waals surface area (Å²) < 4.78 is 22.7. The maximum Gasteiger partial charge on any atom is 0.513 e. The second-order valence-corrected chi connectivity index (χ2v) is 7.97. The molecule has 0 radical (unpaired) electrons. The SMILES string of the molecule is CCOC(=O)Oc1ccc(C(=O)NCC2CCN(C(=O)CCc3ccc(F)cc3)CC2)cc1. The molecule has 0 saturated carbocycles. The lowest BCUT2D eigenvalue weighted by Crippen LogP contribution is -2.41. The summed E-state index contributed by atoms with van der Waals surface area (Å²) in [5, 5.41) is 2.94. The number of amides is 2. The molecule has 0 spiro atoms. The van der Waals surface area contributed by atoms with Gasteiger partial charge in [0.15, 0.2) is 0 Å². The third-order valence-corrected chi connectivity index (χ3v) is 5.64. The summed E-state index contributed by atoms with van der Waals surface area (Å²) in [5.41, 5.74) is 1.42. The molecule has 1 aliphatic heterocycles. The number of ether oxygens (including phenoxy) is 2. The third kappa shape index (κ3) is 7.59. The minimum absolute atomic E-state index is 0.104. The number of rotatable bonds is 8. The minimum atomic E-state index is -0.782. The van der Waals surface area contributed by atoms with E-state index in [1.54, 1.807) is 43.3 Å². The molecule has 0 unspecified atom stereocenters. The van der Waals surface area contributed by atoms with E-state index < -0.39 is 6.16 Å². The number of hydrogen-bond donors (Lipinski definition) is 1. The van der Waals surface area contributed by atoms with Crippen LogP contribution < -0.4 is 10.1 Å². The van der Waals surface area contributed by atoms with Crippen molar-refractivity contribution in [1.82, 2.24) is 10.2 Å². The van der Waals surface area contributed by atoms with Crippen LogP contribution in [0, 0.1) is 11.7 Å². The molecular formula is C25H29FN2O5. The summed E-state index contributed by atoms with van der Waals surface area (Å²) >= 11 is 0. The molecule has 1 heterocycles. The molecule has 2 aromatic carbocycles. The van der Waals surface area contributed by atoms with Crippen LogP contribution in [-0.2, 0) is 16.0 Å². The lowest BCUT2D eigenvalue weighted by atomic mass is 9.96. The Bertz CT molecular complexity index is 938. The van der Waals surface area contributed by atoms with E-state index in [9.17, 15) is 18.8 Å². The van der Waals surface area contributed by atoms with Crippen molar-refractivity contribution in [3.8, 4) is 5.75 Å². The fraction of sp³-hybridized carbons (Fsp3) is 0.400. The summed E-state index contributed by atoms with van der Waals surface area (Å²) in [5.74, 6) is 0.240. The molecule has 8 heteroatoms. The first kappa shape index (κ1) is 24.2. The van der Waals surface area contributed by atoms with Crippen molar-refractivity contribution < 1.29 is 28.2 Å². The van der Waals surface area contributed by atoms with E-state index in [2.05, 4.69) is 5.32 Å². The molecule has 176 valence electrons. The maximum absolute atomic E-state index is 13.0. The number of carbonyl (C=O) groups is 3. The summed E-state index contributed by atoms with van der Waals surface area (Å²) in [4.78, 5) is 38.1. The zero-order valence-corrected chi connectivity index (χ0v) is 18.7. The van der Waals surface area contributed by atoms with E-state index in [0.29, 0.717) is 49.7 Å². The van der Waals surface area contributed by atoms with Gasteiger partial charge in [0.2, 0.25) is 5.91 Å². The van der Waals surface area contributed by atoms with Crippen LogP contribution in [0.15, 0.2) is 48.5 Å². The van der Waals surface area contributed by atoms with Gasteiger partial charge >= 0.3 is 6.16 Å². The fourth-order valence-corrected chi connectivity index (χ4v) is 3.70. The molecule has 1 N–H and O–H groups in total. The average Bonchev–Trinajstić information content (AvgIpc) is 2.83. The first-order chi connectivity index (χ1) is 15.9. The van der Waals surface area contributed by atoms with E-state index in [0.717, 1.165) is 18.4 Å². The van der Waals surface area contributed by atoms with Gasteiger partial charge in [0.05, 0.1) is 6.61 Å². The van der Waals surface area contributed by atoms with Gasteiger partial charge in [0.25, 0.3) is 5.91 Å². The summed E-state index contributed by atoms with van der Waals surface area (Å²) in [6, 6.07) is 12.5. The Morgan fingerprint density at radius 3 is 2.33 bits per heavy atom. The number of carbonyl (C=O) groups excluding carboxylic acids is 3. The van der Waals surface area contributed by atoms with Crippen LogP contribution in [0.2, 0.25) is 0 Å². The van der Waals surface area contributed by atoms with Crippen LogP contribution in [0.4, 0.5) is 9.18 Å². The molecule has 0 bridgehead atoms. The number of benzene rings is 2. The van der Waals surface area contributed by atoms with E-state index in [-0.39, 0.29) is 24.2 Å². The highest BCUT2D eigenvalue weighted by atomic mass is 19.1. The summed E-state index contributed by atoms with van der Waals surface area (Å²) in [6.45, 7) is 3.79.